The van der Waals surface area contributed by atoms with Crippen molar-refractivity contribution < 1.29 is 38.1 Å². The molecule has 0 atom stereocenters. The summed E-state index contributed by atoms with van der Waals surface area (Å²) in [5, 5.41) is 0. The molecule has 0 radical (unpaired) electrons. The highest BCUT2D eigenvalue weighted by atomic mass is 16.6. The number of para-hydroxylation sites is 2. The molecule has 2 aromatic rings. The average Bonchev–Trinajstić information content (AvgIpc) is 2.79. The van der Waals surface area contributed by atoms with Crippen molar-refractivity contribution in [1.29, 1.82) is 0 Å². The predicted molar refractivity (Wildman–Crippen MR) is 105 cm³/mol. The second-order valence-corrected chi connectivity index (χ2v) is 5.67. The molecule has 160 valence electrons. The summed E-state index contributed by atoms with van der Waals surface area (Å²) in [5.74, 6) is -0.433. The van der Waals surface area contributed by atoms with E-state index in [2.05, 4.69) is 10.9 Å². The molecule has 2 amide bonds. The molecule has 0 spiro atoms. The molecule has 2 aromatic carbocycles. The van der Waals surface area contributed by atoms with E-state index < -0.39 is 31.0 Å². The maximum atomic E-state index is 12.1. The van der Waals surface area contributed by atoms with E-state index in [4.69, 9.17) is 23.7 Å². The molecule has 0 aliphatic rings. The Morgan fingerprint density at radius 2 is 1.40 bits per heavy atom. The van der Waals surface area contributed by atoms with Crippen molar-refractivity contribution in [3.63, 3.8) is 0 Å². The maximum Gasteiger partial charge on any atom is 0.344 e. The van der Waals surface area contributed by atoms with Crippen LogP contribution in [0.3, 0.4) is 0 Å². The number of hydrazine groups is 1. The highest BCUT2D eigenvalue weighted by Crippen LogP contribution is 2.27. The summed E-state index contributed by atoms with van der Waals surface area (Å²) in [4.78, 5) is 35.6. The lowest BCUT2D eigenvalue weighted by Gasteiger charge is -2.11. The molecule has 30 heavy (non-hydrogen) atoms. The monoisotopic (exact) mass is 418 g/mol. The fourth-order valence-corrected chi connectivity index (χ4v) is 2.27. The number of amides is 2. The van der Waals surface area contributed by atoms with Crippen molar-refractivity contribution in [2.75, 3.05) is 34.5 Å². The van der Waals surface area contributed by atoms with Gasteiger partial charge in [0, 0.05) is 5.56 Å². The Kier molecular flexibility index (Phi) is 8.30. The van der Waals surface area contributed by atoms with Crippen LogP contribution >= 0.6 is 0 Å². The lowest BCUT2D eigenvalue weighted by Crippen LogP contribution is -2.43. The Hall–Kier alpha value is -3.95. The van der Waals surface area contributed by atoms with Crippen molar-refractivity contribution in [1.82, 2.24) is 10.9 Å². The molecule has 0 heterocycles. The fourth-order valence-electron chi connectivity index (χ4n) is 2.27. The van der Waals surface area contributed by atoms with Crippen molar-refractivity contribution in [2.45, 2.75) is 0 Å². The van der Waals surface area contributed by atoms with Crippen LogP contribution in [-0.2, 0) is 14.3 Å². The van der Waals surface area contributed by atoms with Crippen LogP contribution in [0.1, 0.15) is 10.4 Å². The van der Waals surface area contributed by atoms with E-state index in [1.54, 1.807) is 30.3 Å². The average molecular weight is 418 g/mol. The number of esters is 1. The number of ether oxygens (including phenoxy) is 5. The number of hydrogen-bond acceptors (Lipinski definition) is 8. The van der Waals surface area contributed by atoms with Gasteiger partial charge >= 0.3 is 5.97 Å². The molecule has 10 heteroatoms. The van der Waals surface area contributed by atoms with Crippen molar-refractivity contribution >= 4 is 17.8 Å². The zero-order valence-electron chi connectivity index (χ0n) is 16.7. The van der Waals surface area contributed by atoms with Crippen LogP contribution in [-0.4, -0.2) is 52.3 Å². The maximum absolute atomic E-state index is 12.1. The highest BCUT2D eigenvalue weighted by molar-refractivity contribution is 5.96. The first-order chi connectivity index (χ1) is 14.5. The molecule has 0 aliphatic carbocycles. The molecule has 2 N–H and O–H groups in total. The van der Waals surface area contributed by atoms with Gasteiger partial charge in [-0.1, -0.05) is 12.1 Å². The summed E-state index contributed by atoms with van der Waals surface area (Å²) >= 11 is 0. The zero-order chi connectivity index (χ0) is 21.9. The third kappa shape index (κ3) is 6.30. The molecular weight excluding hydrogens is 396 g/mol. The van der Waals surface area contributed by atoms with E-state index in [-0.39, 0.29) is 5.56 Å². The van der Waals surface area contributed by atoms with E-state index in [9.17, 15) is 14.4 Å². The minimum Gasteiger partial charge on any atom is -0.493 e. The fraction of sp³-hybridized carbons (Fsp3) is 0.250. The van der Waals surface area contributed by atoms with Gasteiger partial charge < -0.3 is 23.7 Å². The van der Waals surface area contributed by atoms with Crippen LogP contribution in [0, 0.1) is 0 Å². The zero-order valence-corrected chi connectivity index (χ0v) is 16.7. The highest BCUT2D eigenvalue weighted by Gasteiger charge is 2.13. The summed E-state index contributed by atoms with van der Waals surface area (Å²) in [6, 6.07) is 11.3. The Morgan fingerprint density at radius 3 is 2.07 bits per heavy atom. The van der Waals surface area contributed by atoms with Gasteiger partial charge in [-0.05, 0) is 30.3 Å². The lowest BCUT2D eigenvalue weighted by molar-refractivity contribution is -0.150. The first-order valence-corrected chi connectivity index (χ1v) is 8.71. The summed E-state index contributed by atoms with van der Waals surface area (Å²) in [6.07, 6.45) is 0. The largest absolute Gasteiger partial charge is 0.493 e. The number of methoxy groups -OCH3 is 3. The SMILES string of the molecule is COc1ccc(C(=O)NNC(=O)COC(=O)COc2ccccc2OC)cc1OC. The van der Waals surface area contributed by atoms with Gasteiger partial charge in [0.15, 0.2) is 36.2 Å². The molecular formula is C20H22N2O8. The van der Waals surface area contributed by atoms with Crippen LogP contribution < -0.4 is 29.8 Å². The summed E-state index contributed by atoms with van der Waals surface area (Å²) in [6.45, 7) is -1.01. The molecule has 0 fully saturated rings. The van der Waals surface area contributed by atoms with Gasteiger partial charge in [0.1, 0.15) is 0 Å². The molecule has 0 saturated heterocycles. The van der Waals surface area contributed by atoms with Gasteiger partial charge in [0.05, 0.1) is 21.3 Å². The Bertz CT molecular complexity index is 900. The smallest absolute Gasteiger partial charge is 0.344 e. The number of carbonyl (C=O) groups excluding carboxylic acids is 3. The molecule has 0 unspecified atom stereocenters. The Morgan fingerprint density at radius 1 is 0.767 bits per heavy atom. The van der Waals surface area contributed by atoms with Crippen LogP contribution in [0.5, 0.6) is 23.0 Å². The van der Waals surface area contributed by atoms with Crippen molar-refractivity contribution in [3.8, 4) is 23.0 Å². The van der Waals surface area contributed by atoms with Gasteiger partial charge in [-0.2, -0.15) is 0 Å². The molecule has 0 aliphatic heterocycles. The quantitative estimate of drug-likeness (QED) is 0.459. The van der Waals surface area contributed by atoms with E-state index >= 15 is 0 Å². The second-order valence-electron chi connectivity index (χ2n) is 5.67. The Labute approximate surface area is 173 Å². The van der Waals surface area contributed by atoms with Gasteiger partial charge in [0.25, 0.3) is 11.8 Å². The molecule has 0 aromatic heterocycles. The first-order valence-electron chi connectivity index (χ1n) is 8.71. The van der Waals surface area contributed by atoms with E-state index in [0.29, 0.717) is 23.0 Å². The molecule has 0 saturated carbocycles. The van der Waals surface area contributed by atoms with Crippen LogP contribution in [0.4, 0.5) is 0 Å². The number of rotatable bonds is 9. The minimum atomic E-state index is -0.762. The van der Waals surface area contributed by atoms with E-state index in [0.717, 1.165) is 0 Å². The standard InChI is InChI=1S/C20H22N2O8/c1-26-14-6-4-5-7-16(14)29-12-19(24)30-11-18(23)21-22-20(25)13-8-9-15(27-2)17(10-13)28-3/h4-10H,11-12H2,1-3H3,(H,21,23)(H,22,25). The topological polar surface area (TPSA) is 121 Å². The minimum absolute atomic E-state index is 0.232. The van der Waals surface area contributed by atoms with Gasteiger partial charge in [0.2, 0.25) is 0 Å². The van der Waals surface area contributed by atoms with E-state index in [1.807, 2.05) is 0 Å². The van der Waals surface area contributed by atoms with Crippen molar-refractivity contribution in [2.24, 2.45) is 0 Å². The van der Waals surface area contributed by atoms with Gasteiger partial charge in [-0.3, -0.25) is 20.4 Å². The third-order valence-corrected chi connectivity index (χ3v) is 3.74. The van der Waals surface area contributed by atoms with E-state index in [1.165, 1.54) is 33.5 Å². The second kappa shape index (κ2) is 11.1. The van der Waals surface area contributed by atoms with Crippen LogP contribution in [0.2, 0.25) is 0 Å². The van der Waals surface area contributed by atoms with Crippen LogP contribution in [0.25, 0.3) is 0 Å². The molecule has 2 rings (SSSR count). The predicted octanol–water partition coefficient (Wildman–Crippen LogP) is 1.10. The first kappa shape index (κ1) is 22.3. The summed E-state index contributed by atoms with van der Waals surface area (Å²) < 4.78 is 25.4. The summed E-state index contributed by atoms with van der Waals surface area (Å²) in [5.41, 5.74) is 4.59. The number of nitrogens with one attached hydrogen (secondary N) is 2. The number of carbonyl (C=O) groups is 3. The lowest BCUT2D eigenvalue weighted by atomic mass is 10.2. The Balaban J connectivity index is 1.75. The normalized spacial score (nSPS) is 9.83. The summed E-state index contributed by atoms with van der Waals surface area (Å²) in [7, 11) is 4.38. The molecule has 10 nitrogen and oxygen atoms in total. The van der Waals surface area contributed by atoms with Crippen LogP contribution in [0.15, 0.2) is 42.5 Å². The van der Waals surface area contributed by atoms with Gasteiger partial charge in [-0.15, -0.1) is 0 Å². The number of hydrogen-bond donors (Lipinski definition) is 2. The number of benzene rings is 2. The van der Waals surface area contributed by atoms with Crippen molar-refractivity contribution in [3.05, 3.63) is 48.0 Å². The third-order valence-electron chi connectivity index (χ3n) is 3.74. The van der Waals surface area contributed by atoms with Gasteiger partial charge in [-0.25, -0.2) is 4.79 Å². The molecule has 0 bridgehead atoms.